The number of nitriles is 1. The van der Waals surface area contributed by atoms with Crippen molar-refractivity contribution in [2.24, 2.45) is 0 Å². The number of aromatic hydroxyl groups is 2. The maximum atomic E-state index is 13.4. The van der Waals surface area contributed by atoms with Crippen LogP contribution in [0.5, 0.6) is 28.7 Å². The summed E-state index contributed by atoms with van der Waals surface area (Å²) in [5.74, 6) is -0.743. The van der Waals surface area contributed by atoms with E-state index < -0.39 is 53.3 Å². The van der Waals surface area contributed by atoms with Gasteiger partial charge in [-0.1, -0.05) is 6.07 Å². The first-order chi connectivity index (χ1) is 21.9. The molecule has 0 aliphatic carbocycles. The van der Waals surface area contributed by atoms with Crippen LogP contribution >= 0.6 is 11.8 Å². The van der Waals surface area contributed by atoms with Crippen molar-refractivity contribution in [3.63, 3.8) is 0 Å². The molecule has 2 saturated heterocycles. The lowest BCUT2D eigenvalue weighted by atomic mass is 9.71. The van der Waals surface area contributed by atoms with Gasteiger partial charge in [0.05, 0.1) is 23.4 Å². The molecule has 14 heteroatoms. The van der Waals surface area contributed by atoms with Gasteiger partial charge in [-0.15, -0.1) is 11.8 Å². The van der Waals surface area contributed by atoms with E-state index in [0.29, 0.717) is 51.5 Å². The fourth-order valence-electron chi connectivity index (χ4n) is 8.06. The van der Waals surface area contributed by atoms with Gasteiger partial charge in [-0.2, -0.15) is 5.26 Å². The molecule has 7 atom stereocenters. The number of esters is 2. The molecule has 6 aliphatic heterocycles. The normalized spacial score (nSPS) is 29.5. The number of hydrogen-bond acceptors (Lipinski definition) is 13. The van der Waals surface area contributed by atoms with Gasteiger partial charge < -0.3 is 34.5 Å². The molecule has 1 amide bonds. The predicted octanol–water partition coefficient (Wildman–Crippen LogP) is 2.43. The Morgan fingerprint density at radius 2 is 1.85 bits per heavy atom. The predicted molar refractivity (Wildman–Crippen MR) is 163 cm³/mol. The highest BCUT2D eigenvalue weighted by molar-refractivity contribution is 7.99. The van der Waals surface area contributed by atoms with Crippen molar-refractivity contribution in [1.82, 2.24) is 15.1 Å². The Morgan fingerprint density at radius 3 is 2.54 bits per heavy atom. The quantitative estimate of drug-likeness (QED) is 0.246. The highest BCUT2D eigenvalue weighted by atomic mass is 32.2. The number of nitrogens with zero attached hydrogens (tertiary/aromatic N) is 3. The Labute approximate surface area is 269 Å². The lowest BCUT2D eigenvalue weighted by Crippen LogP contribution is -2.69. The topological polar surface area (TPSA) is 171 Å². The van der Waals surface area contributed by atoms with Gasteiger partial charge in [-0.05, 0) is 38.4 Å². The second kappa shape index (κ2) is 11.0. The van der Waals surface area contributed by atoms with Crippen LogP contribution in [0.4, 0.5) is 0 Å². The lowest BCUT2D eigenvalue weighted by molar-refractivity contribution is -0.152. The van der Waals surface area contributed by atoms with Crippen molar-refractivity contribution >= 4 is 29.6 Å². The third-order valence-corrected chi connectivity index (χ3v) is 11.3. The van der Waals surface area contributed by atoms with E-state index in [0.717, 1.165) is 5.56 Å². The minimum atomic E-state index is -0.967. The summed E-state index contributed by atoms with van der Waals surface area (Å²) >= 11 is 1.36. The molecular weight excluding hydrogens is 616 g/mol. The van der Waals surface area contributed by atoms with Crippen LogP contribution in [-0.2, 0) is 25.5 Å². The largest absolute Gasteiger partial charge is 0.504 e. The van der Waals surface area contributed by atoms with E-state index in [1.807, 2.05) is 13.1 Å². The Hall–Kier alpha value is -4.19. The highest BCUT2D eigenvalue weighted by Crippen LogP contribution is 2.64. The number of aryl methyl sites for hydroxylation is 1. The number of ether oxygens (including phenoxy) is 4. The number of benzene rings is 2. The summed E-state index contributed by atoms with van der Waals surface area (Å²) < 4.78 is 23.8. The van der Waals surface area contributed by atoms with Crippen molar-refractivity contribution in [3.05, 3.63) is 39.4 Å². The van der Waals surface area contributed by atoms with Gasteiger partial charge in [0.1, 0.15) is 24.4 Å². The Balaban J connectivity index is 1.54. The first kappa shape index (κ1) is 30.5. The maximum Gasteiger partial charge on any atom is 0.329 e. The van der Waals surface area contributed by atoms with Crippen LogP contribution in [0.1, 0.15) is 64.6 Å². The molecule has 6 heterocycles. The molecular formula is C32H34N4O9S. The number of likely N-dealkylation sites (N-methyl/N-ethyl adjacent to an activating group) is 1. The Bertz CT molecular complexity index is 1740. The zero-order valence-corrected chi connectivity index (χ0v) is 26.8. The molecule has 2 fully saturated rings. The van der Waals surface area contributed by atoms with E-state index >= 15 is 0 Å². The third kappa shape index (κ3) is 4.32. The van der Waals surface area contributed by atoms with E-state index in [1.165, 1.54) is 25.6 Å². The molecule has 2 aromatic rings. The molecule has 2 unspecified atom stereocenters. The molecule has 8 rings (SSSR count). The molecule has 13 nitrogen and oxygen atoms in total. The van der Waals surface area contributed by atoms with Gasteiger partial charge in [-0.3, -0.25) is 19.4 Å². The van der Waals surface area contributed by atoms with Crippen molar-refractivity contribution in [2.45, 2.75) is 75.6 Å². The highest BCUT2D eigenvalue weighted by Gasteiger charge is 2.60. The first-order valence-electron chi connectivity index (χ1n) is 15.1. The number of phenols is 2. The number of hydrogen-bond donors (Lipinski definition) is 3. The Kier molecular flexibility index (Phi) is 7.26. The first-order valence-corrected chi connectivity index (χ1v) is 16.1. The van der Waals surface area contributed by atoms with Crippen LogP contribution in [0, 0.1) is 25.2 Å². The SMILES string of the molecule is CC(=O)NC1CS[C@@H]2c3c(OC(C)=O)c(C)c4c(c3[C@H](COC1=O)N1C2[C@H]2c3c(cc(C)c(O)c3O)C[C@@H]([C@@H]1C#N)N2C)OCO4. The molecule has 4 bridgehead atoms. The monoisotopic (exact) mass is 650 g/mol. The maximum absolute atomic E-state index is 13.4. The van der Waals surface area contributed by atoms with Crippen molar-refractivity contribution < 1.29 is 43.5 Å². The van der Waals surface area contributed by atoms with E-state index in [-0.39, 0.29) is 36.7 Å². The van der Waals surface area contributed by atoms with Crippen LogP contribution in [0.2, 0.25) is 0 Å². The van der Waals surface area contributed by atoms with E-state index in [2.05, 4.69) is 21.2 Å². The number of carbonyl (C=O) groups is 3. The minimum absolute atomic E-state index is 0.0694. The summed E-state index contributed by atoms with van der Waals surface area (Å²) in [6.45, 7) is 5.88. The second-order valence-corrected chi connectivity index (χ2v) is 13.6. The number of carbonyl (C=O) groups excluding carboxylic acids is 3. The van der Waals surface area contributed by atoms with Gasteiger partial charge in [0.15, 0.2) is 23.0 Å². The fourth-order valence-corrected chi connectivity index (χ4v) is 9.57. The average Bonchev–Trinajstić information content (AvgIpc) is 3.49. The summed E-state index contributed by atoms with van der Waals surface area (Å²) in [5, 5.41) is 35.4. The van der Waals surface area contributed by atoms with Gasteiger partial charge >= 0.3 is 11.9 Å². The molecule has 2 aromatic carbocycles. The number of fused-ring (bicyclic) bond motifs is 10. The zero-order chi connectivity index (χ0) is 32.8. The van der Waals surface area contributed by atoms with Crippen LogP contribution in [0.3, 0.4) is 0 Å². The van der Waals surface area contributed by atoms with Gasteiger partial charge in [0.2, 0.25) is 12.7 Å². The van der Waals surface area contributed by atoms with E-state index in [4.69, 9.17) is 18.9 Å². The number of rotatable bonds is 2. The Morgan fingerprint density at radius 1 is 1.11 bits per heavy atom. The summed E-state index contributed by atoms with van der Waals surface area (Å²) in [6.07, 6.45) is 0.435. The van der Waals surface area contributed by atoms with Crippen LogP contribution in [-0.4, -0.2) is 88.2 Å². The van der Waals surface area contributed by atoms with Gasteiger partial charge in [-0.25, -0.2) is 4.79 Å². The molecule has 46 heavy (non-hydrogen) atoms. The van der Waals surface area contributed by atoms with Crippen molar-refractivity contribution in [1.29, 1.82) is 5.26 Å². The number of piperazine rings is 1. The summed E-state index contributed by atoms with van der Waals surface area (Å²) in [7, 11) is 1.91. The van der Waals surface area contributed by atoms with Crippen molar-refractivity contribution in [2.75, 3.05) is 26.2 Å². The molecule has 0 radical (unpaired) electrons. The van der Waals surface area contributed by atoms with Crippen LogP contribution < -0.4 is 19.5 Å². The second-order valence-electron chi connectivity index (χ2n) is 12.4. The molecule has 0 aromatic heterocycles. The molecule has 0 spiro atoms. The summed E-state index contributed by atoms with van der Waals surface area (Å²) in [4.78, 5) is 42.2. The number of amides is 1. The molecule has 6 aliphatic rings. The fraction of sp³-hybridized carbons (Fsp3) is 0.500. The molecule has 3 N–H and O–H groups in total. The smallest absolute Gasteiger partial charge is 0.329 e. The van der Waals surface area contributed by atoms with Crippen molar-refractivity contribution in [3.8, 4) is 34.8 Å². The van der Waals surface area contributed by atoms with Crippen LogP contribution in [0.15, 0.2) is 6.07 Å². The minimum Gasteiger partial charge on any atom is -0.504 e. The van der Waals surface area contributed by atoms with E-state index in [1.54, 1.807) is 13.8 Å². The number of nitrogens with one attached hydrogen (secondary N) is 1. The van der Waals surface area contributed by atoms with E-state index in [9.17, 15) is 29.9 Å². The number of thioether (sulfide) groups is 1. The van der Waals surface area contributed by atoms with Crippen LogP contribution in [0.25, 0.3) is 0 Å². The molecule has 242 valence electrons. The summed E-state index contributed by atoms with van der Waals surface area (Å²) in [6, 6.07) is 0.566. The van der Waals surface area contributed by atoms with Gasteiger partial charge in [0, 0.05) is 53.9 Å². The number of phenolic OH excluding ortho intramolecular Hbond substituents is 2. The van der Waals surface area contributed by atoms with Gasteiger partial charge in [0.25, 0.3) is 0 Å². The molecule has 0 saturated carbocycles. The lowest BCUT2D eigenvalue weighted by Gasteiger charge is -2.61. The average molecular weight is 651 g/mol. The standard InChI is InChI=1S/C32H34N4O9S/c1-12-6-16-7-18-19(8-33)36-20-9-42-32(41)17(34-14(3)37)10-46-31(25(36)24(35(18)5)21(16)27(40)26(12)39)23-22(20)30-29(43-11-44-30)13(2)28(23)45-15(4)38/h6,17-20,24-25,31,39-40H,7,9-11H2,1-5H3,(H,34,37)/t17?,18-,19-,20-,24+,25?,31+/m0/s1. The zero-order valence-electron chi connectivity index (χ0n) is 25.9. The third-order valence-electron chi connectivity index (χ3n) is 9.86. The summed E-state index contributed by atoms with van der Waals surface area (Å²) in [5.41, 5.74) is 3.73.